The van der Waals surface area contributed by atoms with Gasteiger partial charge in [-0.05, 0) is 6.07 Å². The van der Waals surface area contributed by atoms with Crippen LogP contribution in [0.5, 0.6) is 0 Å². The highest BCUT2D eigenvalue weighted by Gasteiger charge is 2.26. The molecule has 2 atom stereocenters. The van der Waals surface area contributed by atoms with Crippen LogP contribution in [0.4, 0.5) is 8.78 Å². The normalized spacial score (nSPS) is 14.4. The van der Waals surface area contributed by atoms with E-state index < -0.39 is 40.9 Å². The first-order valence-electron chi connectivity index (χ1n) is 4.58. The van der Waals surface area contributed by atoms with Crippen LogP contribution in [0.15, 0.2) is 12.1 Å². The van der Waals surface area contributed by atoms with E-state index in [0.717, 1.165) is 12.1 Å². The van der Waals surface area contributed by atoms with E-state index in [2.05, 4.69) is 12.6 Å². The minimum Gasteiger partial charge on any atom is -0.477 e. The lowest BCUT2D eigenvalue weighted by molar-refractivity contribution is 0.0311. The molecule has 0 aliphatic carbocycles. The van der Waals surface area contributed by atoms with E-state index in [1.807, 2.05) is 0 Å². The molecule has 7 heteroatoms. The first-order valence-corrected chi connectivity index (χ1v) is 5.21. The van der Waals surface area contributed by atoms with Crippen molar-refractivity contribution < 1.29 is 28.9 Å². The van der Waals surface area contributed by atoms with Crippen molar-refractivity contribution in [2.75, 3.05) is 5.75 Å². The summed E-state index contributed by atoms with van der Waals surface area (Å²) in [6.45, 7) is 0. The van der Waals surface area contributed by atoms with Gasteiger partial charge in [0.05, 0.1) is 6.10 Å². The zero-order valence-corrected chi connectivity index (χ0v) is 9.36. The molecule has 0 aliphatic rings. The Bertz CT molecular complexity index is 439. The monoisotopic (exact) mass is 264 g/mol. The van der Waals surface area contributed by atoms with Crippen molar-refractivity contribution in [2.24, 2.45) is 0 Å². The number of carboxylic acid groups (broad SMARTS) is 1. The van der Waals surface area contributed by atoms with Gasteiger partial charge in [-0.1, -0.05) is 6.07 Å². The standard InChI is InChI=1S/C10H10F2O4S/c11-5-2-1-4(9(14)6(13)3-17)8(12)7(5)10(15)16/h1-2,6,9,13-14,17H,3H2,(H,15,16). The third kappa shape index (κ3) is 2.74. The van der Waals surface area contributed by atoms with E-state index in [9.17, 15) is 23.8 Å². The second kappa shape index (κ2) is 5.44. The lowest BCUT2D eigenvalue weighted by Gasteiger charge is -2.17. The summed E-state index contributed by atoms with van der Waals surface area (Å²) in [5, 5.41) is 27.4. The molecule has 0 amide bonds. The Morgan fingerprint density at radius 1 is 1.35 bits per heavy atom. The molecular weight excluding hydrogens is 254 g/mol. The highest BCUT2D eigenvalue weighted by atomic mass is 32.1. The molecule has 1 aromatic carbocycles. The largest absolute Gasteiger partial charge is 0.477 e. The van der Waals surface area contributed by atoms with Crippen LogP contribution in [0.1, 0.15) is 22.0 Å². The van der Waals surface area contributed by atoms with Crippen LogP contribution < -0.4 is 0 Å². The Kier molecular flexibility index (Phi) is 4.44. The number of aromatic carboxylic acids is 1. The van der Waals surface area contributed by atoms with Crippen LogP contribution >= 0.6 is 12.6 Å². The van der Waals surface area contributed by atoms with Crippen LogP contribution in [-0.2, 0) is 0 Å². The highest BCUT2D eigenvalue weighted by Crippen LogP contribution is 2.25. The molecule has 94 valence electrons. The fourth-order valence-corrected chi connectivity index (χ4v) is 1.50. The molecule has 1 rings (SSSR count). The van der Waals surface area contributed by atoms with Crippen LogP contribution in [0.25, 0.3) is 0 Å². The van der Waals surface area contributed by atoms with Crippen molar-refractivity contribution in [1.29, 1.82) is 0 Å². The number of aliphatic hydroxyl groups is 2. The molecule has 17 heavy (non-hydrogen) atoms. The molecule has 0 radical (unpaired) electrons. The summed E-state index contributed by atoms with van der Waals surface area (Å²) in [6, 6.07) is 1.60. The van der Waals surface area contributed by atoms with E-state index >= 15 is 0 Å². The summed E-state index contributed by atoms with van der Waals surface area (Å²) in [5.74, 6) is -4.58. The second-order valence-electron chi connectivity index (χ2n) is 3.33. The van der Waals surface area contributed by atoms with Gasteiger partial charge in [0.1, 0.15) is 23.3 Å². The summed E-state index contributed by atoms with van der Waals surface area (Å²) < 4.78 is 26.7. The van der Waals surface area contributed by atoms with Crippen LogP contribution in [0, 0.1) is 11.6 Å². The van der Waals surface area contributed by atoms with E-state index in [4.69, 9.17) is 5.11 Å². The molecule has 2 unspecified atom stereocenters. The van der Waals surface area contributed by atoms with E-state index in [1.165, 1.54) is 0 Å². The van der Waals surface area contributed by atoms with Gasteiger partial charge in [-0.2, -0.15) is 12.6 Å². The van der Waals surface area contributed by atoms with Crippen LogP contribution in [-0.4, -0.2) is 33.1 Å². The second-order valence-corrected chi connectivity index (χ2v) is 3.69. The number of aliphatic hydroxyl groups excluding tert-OH is 2. The molecule has 0 fully saturated rings. The number of halogens is 2. The minimum atomic E-state index is -1.78. The highest BCUT2D eigenvalue weighted by molar-refractivity contribution is 7.80. The van der Waals surface area contributed by atoms with Gasteiger partial charge in [-0.3, -0.25) is 0 Å². The van der Waals surface area contributed by atoms with Crippen molar-refractivity contribution >= 4 is 18.6 Å². The van der Waals surface area contributed by atoms with Gasteiger partial charge in [0.25, 0.3) is 0 Å². The van der Waals surface area contributed by atoms with Crippen LogP contribution in [0.2, 0.25) is 0 Å². The smallest absolute Gasteiger partial charge is 0.341 e. The number of benzene rings is 1. The average Bonchev–Trinajstić information content (AvgIpc) is 2.27. The number of rotatable bonds is 4. The van der Waals surface area contributed by atoms with Crippen molar-refractivity contribution in [3.05, 3.63) is 34.9 Å². The topological polar surface area (TPSA) is 77.8 Å². The molecule has 0 aliphatic heterocycles. The first-order chi connectivity index (χ1) is 7.90. The molecule has 0 saturated carbocycles. The molecule has 0 aromatic heterocycles. The number of carbonyl (C=O) groups is 1. The zero-order valence-electron chi connectivity index (χ0n) is 8.47. The zero-order chi connectivity index (χ0) is 13.2. The quantitative estimate of drug-likeness (QED) is 0.612. The Morgan fingerprint density at radius 3 is 2.41 bits per heavy atom. The average molecular weight is 264 g/mol. The molecule has 1 aromatic rings. The fourth-order valence-electron chi connectivity index (χ4n) is 1.30. The molecule has 0 heterocycles. The van der Waals surface area contributed by atoms with Crippen LogP contribution in [0.3, 0.4) is 0 Å². The maximum atomic E-state index is 13.6. The lowest BCUT2D eigenvalue weighted by Crippen LogP contribution is -2.22. The van der Waals surface area contributed by atoms with Crippen molar-refractivity contribution in [3.8, 4) is 0 Å². The summed E-state index contributed by atoms with van der Waals surface area (Å²) in [5.41, 5.74) is -1.64. The molecule has 0 spiro atoms. The Hall–Kier alpha value is -1.18. The van der Waals surface area contributed by atoms with Crippen molar-refractivity contribution in [2.45, 2.75) is 12.2 Å². The van der Waals surface area contributed by atoms with E-state index in [0.29, 0.717) is 0 Å². The molecular formula is C10H10F2O4S. The van der Waals surface area contributed by atoms with Gasteiger partial charge in [-0.25, -0.2) is 13.6 Å². The maximum Gasteiger partial charge on any atom is 0.341 e. The van der Waals surface area contributed by atoms with Gasteiger partial charge in [0.2, 0.25) is 0 Å². The Labute approximate surface area is 101 Å². The summed E-state index contributed by atoms with van der Waals surface area (Å²) >= 11 is 3.70. The SMILES string of the molecule is O=C(O)c1c(F)ccc(C(O)C(O)CS)c1F. The fraction of sp³-hybridized carbons (Fsp3) is 0.300. The van der Waals surface area contributed by atoms with Crippen molar-refractivity contribution in [1.82, 2.24) is 0 Å². The summed E-state index contributed by atoms with van der Waals surface area (Å²) in [7, 11) is 0. The Morgan fingerprint density at radius 2 is 1.94 bits per heavy atom. The van der Waals surface area contributed by atoms with Gasteiger partial charge in [0.15, 0.2) is 0 Å². The van der Waals surface area contributed by atoms with Gasteiger partial charge in [-0.15, -0.1) is 0 Å². The maximum absolute atomic E-state index is 13.6. The van der Waals surface area contributed by atoms with Crippen molar-refractivity contribution in [3.63, 3.8) is 0 Å². The van der Waals surface area contributed by atoms with Gasteiger partial charge in [0, 0.05) is 11.3 Å². The third-order valence-electron chi connectivity index (χ3n) is 2.21. The number of hydrogen-bond acceptors (Lipinski definition) is 4. The van der Waals surface area contributed by atoms with E-state index in [1.54, 1.807) is 0 Å². The van der Waals surface area contributed by atoms with E-state index in [-0.39, 0.29) is 5.75 Å². The minimum absolute atomic E-state index is 0.152. The number of thiol groups is 1. The first kappa shape index (κ1) is 13.9. The Balaban J connectivity index is 3.28. The number of carboxylic acids is 1. The predicted molar refractivity (Wildman–Crippen MR) is 58.1 cm³/mol. The molecule has 3 N–H and O–H groups in total. The van der Waals surface area contributed by atoms with Gasteiger partial charge >= 0.3 is 5.97 Å². The number of hydrogen-bond donors (Lipinski definition) is 4. The molecule has 0 bridgehead atoms. The van der Waals surface area contributed by atoms with Gasteiger partial charge < -0.3 is 15.3 Å². The third-order valence-corrected chi connectivity index (χ3v) is 2.58. The molecule has 0 saturated heterocycles. The molecule has 4 nitrogen and oxygen atoms in total. The summed E-state index contributed by atoms with van der Waals surface area (Å²) in [4.78, 5) is 10.6. The lowest BCUT2D eigenvalue weighted by atomic mass is 10.0. The predicted octanol–water partition coefficient (Wildman–Crippen LogP) is 0.987. The summed E-state index contributed by atoms with van der Waals surface area (Å²) in [6.07, 6.45) is -3.04.